The third kappa shape index (κ3) is 9.30. The Morgan fingerprint density at radius 2 is 1.64 bits per heavy atom. The van der Waals surface area contributed by atoms with E-state index in [9.17, 15) is 0 Å². The van der Waals surface area contributed by atoms with Crippen molar-refractivity contribution in [2.24, 2.45) is 0 Å². The highest BCUT2D eigenvalue weighted by atomic mass is 16.5. The average Bonchev–Trinajstić information content (AvgIpc) is 2.03. The minimum Gasteiger partial charge on any atom is -0.498 e. The van der Waals surface area contributed by atoms with Gasteiger partial charge in [-0.2, -0.15) is 0 Å². The molecule has 0 bridgehead atoms. The van der Waals surface area contributed by atoms with E-state index in [0.717, 1.165) is 6.61 Å². The van der Waals surface area contributed by atoms with Gasteiger partial charge in [0, 0.05) is 6.61 Å². The highest BCUT2D eigenvalue weighted by Crippen LogP contribution is 1.81. The second-order valence-corrected chi connectivity index (χ2v) is 1.80. The molecule has 0 aliphatic carbocycles. The fraction of sp³-hybridized carbons (Fsp3) is 0.750. The van der Waals surface area contributed by atoms with Gasteiger partial charge in [-0.15, -0.1) is 0 Å². The maximum absolute atomic E-state index is 5.04. The molecule has 0 aromatic heterocycles. The Morgan fingerprint density at radius 3 is 2.27 bits per heavy atom. The van der Waals surface area contributed by atoms with Crippen LogP contribution in [-0.4, -0.2) is 26.4 Å². The molecule has 0 fully saturated rings. The molecule has 0 aliphatic rings. The van der Waals surface area contributed by atoms with Crippen molar-refractivity contribution in [3.05, 3.63) is 12.5 Å². The predicted molar refractivity (Wildman–Crippen MR) is 43.2 cm³/mol. The Hall–Kier alpha value is -0.700. The van der Waals surface area contributed by atoms with E-state index in [1.54, 1.807) is 0 Å². The van der Waals surface area contributed by atoms with E-state index in [-0.39, 0.29) is 0 Å². The lowest BCUT2D eigenvalue weighted by Gasteiger charge is -2.00. The van der Waals surface area contributed by atoms with E-state index < -0.39 is 0 Å². The molecular weight excluding hydrogens is 144 g/mol. The van der Waals surface area contributed by atoms with Crippen LogP contribution in [0.3, 0.4) is 0 Å². The summed E-state index contributed by atoms with van der Waals surface area (Å²) in [6.07, 6.45) is 3.06. The van der Waals surface area contributed by atoms with E-state index in [1.807, 2.05) is 13.8 Å². The minimum absolute atomic E-state index is 0.581. The molecule has 0 radical (unpaired) electrons. The zero-order chi connectivity index (χ0) is 8.36. The molecule has 0 N–H and O–H groups in total. The van der Waals surface area contributed by atoms with Crippen LogP contribution in [0.1, 0.15) is 13.8 Å². The van der Waals surface area contributed by atoms with E-state index >= 15 is 0 Å². The van der Waals surface area contributed by atoms with Crippen molar-refractivity contribution in [3.8, 4) is 0 Å². The standard InChI is InChI=1S/C8H16O3/c1-3-9-5-7-11-8-6-10-4-2/h5,7H,3-4,6,8H2,1-2H3. The van der Waals surface area contributed by atoms with E-state index in [2.05, 4.69) is 0 Å². The molecule has 3 heteroatoms. The van der Waals surface area contributed by atoms with Crippen LogP contribution in [0.5, 0.6) is 0 Å². The van der Waals surface area contributed by atoms with E-state index in [4.69, 9.17) is 14.2 Å². The largest absolute Gasteiger partial charge is 0.498 e. The number of rotatable bonds is 7. The van der Waals surface area contributed by atoms with Crippen LogP contribution in [0.2, 0.25) is 0 Å². The topological polar surface area (TPSA) is 27.7 Å². The number of hydrogen-bond acceptors (Lipinski definition) is 3. The molecule has 0 aromatic carbocycles. The first-order chi connectivity index (χ1) is 5.41. The Bertz CT molecular complexity index is 91.3. The molecule has 0 spiro atoms. The molecular formula is C8H16O3. The van der Waals surface area contributed by atoms with Crippen LogP contribution in [0, 0.1) is 0 Å². The summed E-state index contributed by atoms with van der Waals surface area (Å²) in [5.74, 6) is 0. The molecule has 3 nitrogen and oxygen atoms in total. The monoisotopic (exact) mass is 160 g/mol. The summed E-state index contributed by atoms with van der Waals surface area (Å²) in [5, 5.41) is 0. The molecule has 0 aromatic rings. The van der Waals surface area contributed by atoms with Crippen molar-refractivity contribution < 1.29 is 14.2 Å². The lowest BCUT2D eigenvalue weighted by molar-refractivity contribution is 0.0903. The van der Waals surface area contributed by atoms with Gasteiger partial charge in [-0.25, -0.2) is 0 Å². The van der Waals surface area contributed by atoms with Gasteiger partial charge < -0.3 is 14.2 Å². The molecule has 0 saturated carbocycles. The zero-order valence-electron chi connectivity index (χ0n) is 7.21. The highest BCUT2D eigenvalue weighted by molar-refractivity contribution is 4.59. The molecule has 0 amide bonds. The quantitative estimate of drug-likeness (QED) is 0.417. The molecule has 0 unspecified atom stereocenters. The Morgan fingerprint density at radius 1 is 0.909 bits per heavy atom. The normalized spacial score (nSPS) is 10.4. The maximum Gasteiger partial charge on any atom is 0.117 e. The van der Waals surface area contributed by atoms with Crippen LogP contribution in [0.25, 0.3) is 0 Å². The fourth-order valence-electron chi connectivity index (χ4n) is 0.494. The minimum atomic E-state index is 0.581. The summed E-state index contributed by atoms with van der Waals surface area (Å²) in [5.41, 5.74) is 0. The number of hydrogen-bond donors (Lipinski definition) is 0. The maximum atomic E-state index is 5.04. The van der Waals surface area contributed by atoms with Gasteiger partial charge in [-0.1, -0.05) is 0 Å². The van der Waals surface area contributed by atoms with Crippen LogP contribution < -0.4 is 0 Å². The van der Waals surface area contributed by atoms with Crippen molar-refractivity contribution >= 4 is 0 Å². The molecule has 0 aliphatic heterocycles. The second-order valence-electron chi connectivity index (χ2n) is 1.80. The van der Waals surface area contributed by atoms with Crippen molar-refractivity contribution in [1.29, 1.82) is 0 Å². The lowest BCUT2D eigenvalue weighted by atomic mass is 10.7. The summed E-state index contributed by atoms with van der Waals surface area (Å²) in [6, 6.07) is 0. The van der Waals surface area contributed by atoms with E-state index in [0.29, 0.717) is 19.8 Å². The van der Waals surface area contributed by atoms with Gasteiger partial charge in [0.25, 0.3) is 0 Å². The van der Waals surface area contributed by atoms with Crippen LogP contribution in [0.15, 0.2) is 12.5 Å². The summed E-state index contributed by atoms with van der Waals surface area (Å²) in [7, 11) is 0. The molecule has 0 heterocycles. The van der Waals surface area contributed by atoms with Crippen molar-refractivity contribution in [3.63, 3.8) is 0 Å². The van der Waals surface area contributed by atoms with Gasteiger partial charge in [0.05, 0.1) is 13.2 Å². The highest BCUT2D eigenvalue weighted by Gasteiger charge is 1.81. The lowest BCUT2D eigenvalue weighted by Crippen LogP contribution is -2.00. The third-order valence-electron chi connectivity index (χ3n) is 0.964. The average molecular weight is 160 g/mol. The molecule has 0 rings (SSSR count). The first-order valence-electron chi connectivity index (χ1n) is 3.87. The van der Waals surface area contributed by atoms with Crippen LogP contribution in [-0.2, 0) is 14.2 Å². The van der Waals surface area contributed by atoms with Gasteiger partial charge in [0.2, 0.25) is 0 Å². The Balaban J connectivity index is 2.89. The van der Waals surface area contributed by atoms with Gasteiger partial charge in [0.15, 0.2) is 0 Å². The van der Waals surface area contributed by atoms with Crippen molar-refractivity contribution in [2.45, 2.75) is 13.8 Å². The van der Waals surface area contributed by atoms with Crippen molar-refractivity contribution in [1.82, 2.24) is 0 Å². The summed E-state index contributed by atoms with van der Waals surface area (Å²) in [4.78, 5) is 0. The predicted octanol–water partition coefficient (Wildman–Crippen LogP) is 1.55. The van der Waals surface area contributed by atoms with Gasteiger partial charge >= 0.3 is 0 Å². The Kier molecular flexibility index (Phi) is 8.71. The first-order valence-corrected chi connectivity index (χ1v) is 3.87. The molecule has 0 saturated heterocycles. The third-order valence-corrected chi connectivity index (χ3v) is 0.964. The summed E-state index contributed by atoms with van der Waals surface area (Å²) < 4.78 is 14.9. The Labute approximate surface area is 67.9 Å². The fourth-order valence-corrected chi connectivity index (χ4v) is 0.494. The molecule has 0 atom stereocenters. The number of ether oxygens (including phenoxy) is 3. The molecule has 66 valence electrons. The van der Waals surface area contributed by atoms with Gasteiger partial charge in [0.1, 0.15) is 19.1 Å². The molecule has 11 heavy (non-hydrogen) atoms. The SMILES string of the molecule is CCOC=COCCOCC. The van der Waals surface area contributed by atoms with Crippen LogP contribution >= 0.6 is 0 Å². The van der Waals surface area contributed by atoms with Crippen molar-refractivity contribution in [2.75, 3.05) is 26.4 Å². The first kappa shape index (κ1) is 10.3. The van der Waals surface area contributed by atoms with Gasteiger partial charge in [-0.05, 0) is 13.8 Å². The van der Waals surface area contributed by atoms with E-state index in [1.165, 1.54) is 12.5 Å². The smallest absolute Gasteiger partial charge is 0.117 e. The zero-order valence-corrected chi connectivity index (χ0v) is 7.21. The second kappa shape index (κ2) is 9.30. The van der Waals surface area contributed by atoms with Gasteiger partial charge in [-0.3, -0.25) is 0 Å². The van der Waals surface area contributed by atoms with Crippen LogP contribution in [0.4, 0.5) is 0 Å². The summed E-state index contributed by atoms with van der Waals surface area (Å²) >= 11 is 0. The summed E-state index contributed by atoms with van der Waals surface area (Å²) in [6.45, 7) is 6.49.